The van der Waals surface area contributed by atoms with Crippen molar-refractivity contribution < 1.29 is 13.6 Å². The summed E-state index contributed by atoms with van der Waals surface area (Å²) in [6, 6.07) is 3.96. The number of rotatable bonds is 1. The molecule has 2 heterocycles. The number of hydrogen-bond acceptors (Lipinski definition) is 3. The number of benzene rings is 1. The molecule has 1 aliphatic rings. The van der Waals surface area contributed by atoms with Crippen LogP contribution in [0, 0.1) is 5.82 Å². The van der Waals surface area contributed by atoms with Crippen LogP contribution in [0.4, 0.5) is 9.18 Å². The molecule has 1 aromatic carbocycles. The fourth-order valence-electron chi connectivity index (χ4n) is 2.66. The van der Waals surface area contributed by atoms with Crippen molar-refractivity contribution in [3.63, 3.8) is 0 Å². The van der Waals surface area contributed by atoms with Crippen molar-refractivity contribution in [1.82, 2.24) is 9.47 Å². The van der Waals surface area contributed by atoms with Crippen LogP contribution in [0.1, 0.15) is 18.9 Å². The lowest BCUT2D eigenvalue weighted by Crippen LogP contribution is -2.37. The molecule has 3 rings (SSSR count). The van der Waals surface area contributed by atoms with Crippen molar-refractivity contribution in [3.8, 4) is 0 Å². The van der Waals surface area contributed by atoms with Crippen LogP contribution < -0.4 is 5.76 Å². The molecule has 106 valence electrons. The lowest BCUT2D eigenvalue weighted by atomic mass is 10.1. The largest absolute Gasteiger partial charge is 0.420 e. The summed E-state index contributed by atoms with van der Waals surface area (Å²) in [5.41, 5.74) is 0.817. The summed E-state index contributed by atoms with van der Waals surface area (Å²) in [6.45, 7) is 0.987. The van der Waals surface area contributed by atoms with Crippen molar-refractivity contribution in [3.05, 3.63) is 34.6 Å². The molecule has 1 aliphatic heterocycles. The zero-order chi connectivity index (χ0) is 14.3. The van der Waals surface area contributed by atoms with Gasteiger partial charge in [-0.05, 0) is 36.6 Å². The highest BCUT2D eigenvalue weighted by molar-refractivity contribution is 6.62. The van der Waals surface area contributed by atoms with E-state index in [0.29, 0.717) is 31.4 Å². The Labute approximate surface area is 118 Å². The van der Waals surface area contributed by atoms with Gasteiger partial charge in [0.05, 0.1) is 5.52 Å². The highest BCUT2D eigenvalue weighted by Crippen LogP contribution is 2.26. The van der Waals surface area contributed by atoms with Crippen LogP contribution >= 0.6 is 11.6 Å². The van der Waals surface area contributed by atoms with E-state index in [2.05, 4.69) is 0 Å². The van der Waals surface area contributed by atoms with E-state index in [9.17, 15) is 14.0 Å². The predicted octanol–water partition coefficient (Wildman–Crippen LogP) is 2.73. The molecule has 0 bridgehead atoms. The van der Waals surface area contributed by atoms with Crippen molar-refractivity contribution in [1.29, 1.82) is 0 Å². The van der Waals surface area contributed by atoms with Gasteiger partial charge in [0.1, 0.15) is 5.82 Å². The van der Waals surface area contributed by atoms with Crippen LogP contribution in [0.3, 0.4) is 0 Å². The van der Waals surface area contributed by atoms with Crippen LogP contribution in [-0.2, 0) is 0 Å². The minimum Gasteiger partial charge on any atom is -0.408 e. The van der Waals surface area contributed by atoms with E-state index in [4.69, 9.17) is 16.0 Å². The standard InChI is InChI=1S/C13H12ClFN2O3/c14-12(18)16-5-3-9(4-6-16)17-10-2-1-8(15)7-11(10)20-13(17)19/h1-2,7,9H,3-6H2. The number of fused-ring (bicyclic) bond motifs is 1. The smallest absolute Gasteiger partial charge is 0.408 e. The normalized spacial score (nSPS) is 16.8. The molecular weight excluding hydrogens is 287 g/mol. The first-order chi connectivity index (χ1) is 9.56. The van der Waals surface area contributed by atoms with Gasteiger partial charge in [0, 0.05) is 25.2 Å². The van der Waals surface area contributed by atoms with E-state index in [1.807, 2.05) is 0 Å². The van der Waals surface area contributed by atoms with Crippen LogP contribution in [0.15, 0.2) is 27.4 Å². The topological polar surface area (TPSA) is 55.5 Å². The zero-order valence-electron chi connectivity index (χ0n) is 10.5. The molecule has 0 radical (unpaired) electrons. The average molecular weight is 299 g/mol. The Bertz CT molecular complexity index is 716. The second-order valence-corrected chi connectivity index (χ2v) is 5.14. The van der Waals surface area contributed by atoms with Gasteiger partial charge < -0.3 is 9.32 Å². The molecule has 0 atom stereocenters. The van der Waals surface area contributed by atoms with Gasteiger partial charge in [-0.15, -0.1) is 0 Å². The molecular formula is C13H12ClFN2O3. The molecule has 5 nitrogen and oxygen atoms in total. The number of oxazole rings is 1. The predicted molar refractivity (Wildman–Crippen MR) is 71.5 cm³/mol. The van der Waals surface area contributed by atoms with E-state index in [0.717, 1.165) is 0 Å². The first-order valence-electron chi connectivity index (χ1n) is 6.31. The molecule has 1 aromatic heterocycles. The quantitative estimate of drug-likeness (QED) is 0.601. The monoisotopic (exact) mass is 298 g/mol. The summed E-state index contributed by atoms with van der Waals surface area (Å²) in [5, 5.41) is -0.477. The van der Waals surface area contributed by atoms with Gasteiger partial charge >= 0.3 is 11.1 Å². The first kappa shape index (κ1) is 13.2. The lowest BCUT2D eigenvalue weighted by Gasteiger charge is -2.30. The molecule has 0 unspecified atom stereocenters. The Hall–Kier alpha value is -1.82. The third kappa shape index (κ3) is 2.20. The summed E-state index contributed by atoms with van der Waals surface area (Å²) in [7, 11) is 0. The molecule has 1 amide bonds. The minimum atomic E-state index is -0.499. The summed E-state index contributed by atoms with van der Waals surface area (Å²) in [4.78, 5) is 24.5. The summed E-state index contributed by atoms with van der Waals surface area (Å²) in [5.74, 6) is -0.942. The number of carbonyl (C=O) groups is 1. The van der Waals surface area contributed by atoms with Gasteiger partial charge in [-0.1, -0.05) is 0 Å². The molecule has 2 aromatic rings. The van der Waals surface area contributed by atoms with Crippen LogP contribution in [0.2, 0.25) is 0 Å². The Morgan fingerprint density at radius 3 is 2.70 bits per heavy atom. The lowest BCUT2D eigenvalue weighted by molar-refractivity contribution is 0.191. The van der Waals surface area contributed by atoms with Crippen molar-refractivity contribution in [2.45, 2.75) is 18.9 Å². The molecule has 1 saturated heterocycles. The van der Waals surface area contributed by atoms with Crippen molar-refractivity contribution in [2.75, 3.05) is 13.1 Å². The highest BCUT2D eigenvalue weighted by Gasteiger charge is 2.26. The third-order valence-corrected chi connectivity index (χ3v) is 3.89. The SMILES string of the molecule is O=C(Cl)N1CCC(n2c(=O)oc3cc(F)ccc32)CC1. The van der Waals surface area contributed by atoms with Crippen LogP contribution in [0.5, 0.6) is 0 Å². The fourth-order valence-corrected chi connectivity index (χ4v) is 2.82. The maximum atomic E-state index is 13.1. The van der Waals surface area contributed by atoms with E-state index < -0.39 is 16.9 Å². The van der Waals surface area contributed by atoms with Gasteiger partial charge in [-0.3, -0.25) is 9.36 Å². The number of hydrogen-bond donors (Lipinski definition) is 0. The molecule has 0 aliphatic carbocycles. The van der Waals surface area contributed by atoms with Gasteiger partial charge in [-0.2, -0.15) is 0 Å². The van der Waals surface area contributed by atoms with Gasteiger partial charge in [0.2, 0.25) is 0 Å². The van der Waals surface area contributed by atoms with Gasteiger partial charge in [0.15, 0.2) is 5.58 Å². The van der Waals surface area contributed by atoms with Gasteiger partial charge in [-0.25, -0.2) is 9.18 Å². The number of amides is 1. The summed E-state index contributed by atoms with van der Waals surface area (Å²) < 4.78 is 19.7. The second-order valence-electron chi connectivity index (χ2n) is 4.82. The van der Waals surface area contributed by atoms with Crippen LogP contribution in [0.25, 0.3) is 11.1 Å². The van der Waals surface area contributed by atoms with Gasteiger partial charge in [0.25, 0.3) is 0 Å². The van der Waals surface area contributed by atoms with Crippen molar-refractivity contribution in [2.24, 2.45) is 0 Å². The molecule has 20 heavy (non-hydrogen) atoms. The third-order valence-electron chi connectivity index (χ3n) is 3.65. The fraction of sp³-hybridized carbons (Fsp3) is 0.385. The zero-order valence-corrected chi connectivity index (χ0v) is 11.3. The Morgan fingerprint density at radius 2 is 2.05 bits per heavy atom. The van der Waals surface area contributed by atoms with Crippen LogP contribution in [-0.4, -0.2) is 27.9 Å². The second kappa shape index (κ2) is 4.94. The number of likely N-dealkylation sites (tertiary alicyclic amines) is 1. The van der Waals surface area contributed by atoms with E-state index in [1.54, 1.807) is 0 Å². The highest BCUT2D eigenvalue weighted by atomic mass is 35.5. The van der Waals surface area contributed by atoms with E-state index >= 15 is 0 Å². The molecule has 0 spiro atoms. The Kier molecular flexibility index (Phi) is 3.25. The number of carbonyl (C=O) groups excluding carboxylic acids is 1. The maximum Gasteiger partial charge on any atom is 0.420 e. The Balaban J connectivity index is 1.93. The average Bonchev–Trinajstić information content (AvgIpc) is 2.73. The number of nitrogens with zero attached hydrogens (tertiary/aromatic N) is 2. The molecule has 1 fully saturated rings. The maximum absolute atomic E-state index is 13.1. The molecule has 0 N–H and O–H groups in total. The molecule has 7 heteroatoms. The molecule has 0 saturated carbocycles. The minimum absolute atomic E-state index is 0.0681. The number of halogens is 2. The first-order valence-corrected chi connectivity index (χ1v) is 6.69. The summed E-state index contributed by atoms with van der Waals surface area (Å²) >= 11 is 5.43. The number of piperidine rings is 1. The van der Waals surface area contributed by atoms with E-state index in [1.165, 1.54) is 27.7 Å². The Morgan fingerprint density at radius 1 is 1.35 bits per heavy atom. The van der Waals surface area contributed by atoms with E-state index in [-0.39, 0.29) is 11.6 Å². The number of aromatic nitrogens is 1. The van der Waals surface area contributed by atoms with Crippen molar-refractivity contribution >= 4 is 28.1 Å². The summed E-state index contributed by atoms with van der Waals surface area (Å²) in [6.07, 6.45) is 1.23.